The molecule has 0 saturated carbocycles. The highest BCUT2D eigenvalue weighted by Crippen LogP contribution is 2.27. The summed E-state index contributed by atoms with van der Waals surface area (Å²) in [4.78, 5) is 40.5. The van der Waals surface area contributed by atoms with E-state index in [1.165, 1.54) is 34.2 Å². The van der Waals surface area contributed by atoms with Gasteiger partial charge in [0.25, 0.3) is 11.8 Å². The molecule has 8 nitrogen and oxygen atoms in total. The summed E-state index contributed by atoms with van der Waals surface area (Å²) in [5, 5.41) is 3.90. The molecule has 3 aromatic rings. The minimum Gasteiger partial charge on any atom is -0.494 e. The second-order valence-electron chi connectivity index (χ2n) is 7.98. The van der Waals surface area contributed by atoms with Crippen LogP contribution in [-0.4, -0.2) is 40.5 Å². The summed E-state index contributed by atoms with van der Waals surface area (Å²) in [5.74, 6) is -1.42. The Morgan fingerprint density at radius 2 is 1.78 bits per heavy atom. The zero-order chi connectivity index (χ0) is 26.5. The van der Waals surface area contributed by atoms with E-state index in [0.29, 0.717) is 29.3 Å². The minimum absolute atomic E-state index is 0.0433. The first kappa shape index (κ1) is 26.2. The average Bonchev–Trinajstić information content (AvgIpc) is 3.09. The summed E-state index contributed by atoms with van der Waals surface area (Å²) in [6.07, 6.45) is -0.309. The van der Waals surface area contributed by atoms with Crippen LogP contribution in [0, 0.1) is 5.82 Å². The number of hydrazine groups is 1. The van der Waals surface area contributed by atoms with Gasteiger partial charge in [-0.2, -0.15) is 0 Å². The van der Waals surface area contributed by atoms with Gasteiger partial charge in [0.15, 0.2) is 0 Å². The Bertz CT molecular complexity index is 1340. The lowest BCUT2D eigenvalue weighted by Crippen LogP contribution is -2.49. The lowest BCUT2D eigenvalue weighted by atomic mass is 10.1. The fourth-order valence-electron chi connectivity index (χ4n) is 3.72. The van der Waals surface area contributed by atoms with Crippen molar-refractivity contribution in [2.45, 2.75) is 19.4 Å². The largest absolute Gasteiger partial charge is 0.494 e. The number of carbonyl (C=O) groups excluding carboxylic acids is 3. The molecule has 11 heteroatoms. The highest BCUT2D eigenvalue weighted by Gasteiger charge is 2.45. The van der Waals surface area contributed by atoms with Crippen molar-refractivity contribution in [3.63, 3.8) is 0 Å². The number of anilines is 2. The molecule has 1 fully saturated rings. The summed E-state index contributed by atoms with van der Waals surface area (Å²) in [6, 6.07) is 17.5. The Morgan fingerprint density at radius 1 is 1.08 bits per heavy atom. The Balaban J connectivity index is 1.58. The molecule has 1 heterocycles. The van der Waals surface area contributed by atoms with E-state index in [1.807, 2.05) is 6.92 Å². The molecule has 37 heavy (non-hydrogen) atoms. The van der Waals surface area contributed by atoms with E-state index in [0.717, 1.165) is 4.47 Å². The van der Waals surface area contributed by atoms with Crippen LogP contribution in [-0.2, 0) is 9.59 Å². The molecule has 3 aromatic carbocycles. The molecule has 2 N–H and O–H groups in total. The van der Waals surface area contributed by atoms with Crippen LogP contribution in [0.5, 0.6) is 5.75 Å². The number of hydrogen-bond acceptors (Lipinski definition) is 5. The number of rotatable bonds is 8. The molecule has 0 radical (unpaired) electrons. The second kappa shape index (κ2) is 11.5. The molecular formula is C26H22BrFN4O4S. The quantitative estimate of drug-likeness (QED) is 0.374. The third kappa shape index (κ3) is 6.12. The van der Waals surface area contributed by atoms with Gasteiger partial charge in [0.05, 0.1) is 18.7 Å². The normalized spacial score (nSPS) is 15.1. The molecule has 3 amide bonds. The van der Waals surface area contributed by atoms with Crippen molar-refractivity contribution in [2.24, 2.45) is 0 Å². The lowest BCUT2D eigenvalue weighted by molar-refractivity contribution is -0.124. The Morgan fingerprint density at radius 3 is 2.46 bits per heavy atom. The van der Waals surface area contributed by atoms with Gasteiger partial charge in [-0.3, -0.25) is 24.7 Å². The molecular weight excluding hydrogens is 563 g/mol. The zero-order valence-electron chi connectivity index (χ0n) is 19.6. The summed E-state index contributed by atoms with van der Waals surface area (Å²) in [7, 11) is 0. The van der Waals surface area contributed by atoms with Crippen molar-refractivity contribution in [2.75, 3.05) is 16.8 Å². The first-order valence-electron chi connectivity index (χ1n) is 11.3. The van der Waals surface area contributed by atoms with Gasteiger partial charge < -0.3 is 10.1 Å². The van der Waals surface area contributed by atoms with Crippen molar-refractivity contribution < 1.29 is 23.5 Å². The van der Waals surface area contributed by atoms with Crippen molar-refractivity contribution >= 4 is 62.4 Å². The summed E-state index contributed by atoms with van der Waals surface area (Å²) < 4.78 is 19.7. The van der Waals surface area contributed by atoms with Crippen molar-refractivity contribution in [3.05, 3.63) is 88.6 Å². The first-order valence-corrected chi connectivity index (χ1v) is 12.5. The van der Waals surface area contributed by atoms with Gasteiger partial charge in [0.1, 0.15) is 17.6 Å². The molecule has 0 aromatic heterocycles. The average molecular weight is 585 g/mol. The number of thiocarbonyl (C=S) groups is 1. The van der Waals surface area contributed by atoms with Crippen LogP contribution in [0.3, 0.4) is 0 Å². The molecule has 1 aliphatic rings. The van der Waals surface area contributed by atoms with E-state index < -0.39 is 29.6 Å². The standard InChI is InChI=1S/C26H22BrFN4O4S/c1-2-36-21-5-3-4-19(14-21)29-23(33)15-22-25(35)31(20-12-10-18(28)11-13-20)26(37)32(22)30-24(34)16-6-8-17(27)9-7-16/h3-14,22H,2,15H2,1H3,(H,29,33)(H,30,34). The number of nitrogens with zero attached hydrogens (tertiary/aromatic N) is 2. The highest BCUT2D eigenvalue weighted by molar-refractivity contribution is 9.10. The summed E-state index contributed by atoms with van der Waals surface area (Å²) >= 11 is 8.84. The van der Waals surface area contributed by atoms with E-state index in [9.17, 15) is 18.8 Å². The number of halogens is 2. The van der Waals surface area contributed by atoms with Crippen LogP contribution in [0.1, 0.15) is 23.7 Å². The number of carbonyl (C=O) groups is 3. The molecule has 0 spiro atoms. The van der Waals surface area contributed by atoms with Gasteiger partial charge in [0.2, 0.25) is 11.0 Å². The first-order chi connectivity index (χ1) is 17.8. The second-order valence-corrected chi connectivity index (χ2v) is 9.26. The summed E-state index contributed by atoms with van der Waals surface area (Å²) in [6.45, 7) is 2.32. The fraction of sp³-hybridized carbons (Fsp3) is 0.154. The number of amides is 3. The molecule has 1 unspecified atom stereocenters. The highest BCUT2D eigenvalue weighted by atomic mass is 79.9. The van der Waals surface area contributed by atoms with E-state index in [-0.39, 0.29) is 11.5 Å². The smallest absolute Gasteiger partial charge is 0.269 e. The van der Waals surface area contributed by atoms with Crippen LogP contribution in [0.25, 0.3) is 0 Å². The Hall–Kier alpha value is -3.83. The van der Waals surface area contributed by atoms with Gasteiger partial charge in [-0.1, -0.05) is 22.0 Å². The number of hydrogen-bond donors (Lipinski definition) is 2. The topological polar surface area (TPSA) is 91.0 Å². The summed E-state index contributed by atoms with van der Waals surface area (Å²) in [5.41, 5.74) is 3.78. The maximum absolute atomic E-state index is 13.5. The Labute approximate surface area is 226 Å². The van der Waals surface area contributed by atoms with Gasteiger partial charge in [0, 0.05) is 21.8 Å². The molecule has 1 aliphatic heterocycles. The minimum atomic E-state index is -1.13. The van der Waals surface area contributed by atoms with Gasteiger partial charge in [-0.15, -0.1) is 0 Å². The molecule has 1 saturated heterocycles. The third-order valence-corrected chi connectivity index (χ3v) is 6.34. The van der Waals surface area contributed by atoms with Crippen LogP contribution < -0.4 is 20.4 Å². The van der Waals surface area contributed by atoms with Crippen molar-refractivity contribution in [1.29, 1.82) is 0 Å². The van der Waals surface area contributed by atoms with Gasteiger partial charge in [-0.25, -0.2) is 9.40 Å². The van der Waals surface area contributed by atoms with E-state index in [2.05, 4.69) is 26.7 Å². The van der Waals surface area contributed by atoms with Crippen molar-refractivity contribution in [1.82, 2.24) is 10.4 Å². The van der Waals surface area contributed by atoms with E-state index >= 15 is 0 Å². The van der Waals surface area contributed by atoms with Crippen molar-refractivity contribution in [3.8, 4) is 5.75 Å². The lowest BCUT2D eigenvalue weighted by Gasteiger charge is -2.24. The van der Waals surface area contributed by atoms with E-state index in [1.54, 1.807) is 48.5 Å². The van der Waals surface area contributed by atoms with Crippen LogP contribution >= 0.6 is 28.1 Å². The van der Waals surface area contributed by atoms with Gasteiger partial charge >= 0.3 is 0 Å². The predicted octanol–water partition coefficient (Wildman–Crippen LogP) is 4.66. The number of benzene rings is 3. The number of ether oxygens (including phenoxy) is 1. The number of nitrogens with one attached hydrogen (secondary N) is 2. The van der Waals surface area contributed by atoms with Crippen LogP contribution in [0.2, 0.25) is 0 Å². The molecule has 4 rings (SSSR count). The van der Waals surface area contributed by atoms with Gasteiger partial charge in [-0.05, 0) is 79.8 Å². The molecule has 0 aliphatic carbocycles. The Kier molecular flexibility index (Phi) is 8.14. The van der Waals surface area contributed by atoms with Crippen LogP contribution in [0.15, 0.2) is 77.3 Å². The maximum Gasteiger partial charge on any atom is 0.269 e. The SMILES string of the molecule is CCOc1cccc(NC(=O)CC2C(=O)N(c3ccc(F)cc3)C(=S)N2NC(=O)c2ccc(Br)cc2)c1. The third-order valence-electron chi connectivity index (χ3n) is 5.44. The van der Waals surface area contributed by atoms with E-state index in [4.69, 9.17) is 17.0 Å². The molecule has 190 valence electrons. The molecule has 1 atom stereocenters. The fourth-order valence-corrected chi connectivity index (χ4v) is 4.35. The predicted molar refractivity (Wildman–Crippen MR) is 145 cm³/mol. The zero-order valence-corrected chi connectivity index (χ0v) is 22.0. The monoisotopic (exact) mass is 584 g/mol. The molecule has 0 bridgehead atoms. The maximum atomic E-state index is 13.5. The van der Waals surface area contributed by atoms with Crippen LogP contribution in [0.4, 0.5) is 15.8 Å².